The lowest BCUT2D eigenvalue weighted by Gasteiger charge is -2.34. The minimum atomic E-state index is -0.498. The normalized spacial score (nSPS) is 16.1. The second-order valence-corrected chi connectivity index (χ2v) is 8.98. The van der Waals surface area contributed by atoms with Crippen LogP contribution in [0.4, 0.5) is 4.79 Å². The smallest absolute Gasteiger partial charge is 0.410 e. The average molecular weight is 447 g/mol. The van der Waals surface area contributed by atoms with Crippen molar-refractivity contribution in [3.63, 3.8) is 0 Å². The van der Waals surface area contributed by atoms with Crippen LogP contribution in [-0.4, -0.2) is 43.9 Å². The maximum Gasteiger partial charge on any atom is 0.410 e. The zero-order chi connectivity index (χ0) is 20.1. The van der Waals surface area contributed by atoms with Crippen LogP contribution in [0.1, 0.15) is 39.7 Å². The summed E-state index contributed by atoms with van der Waals surface area (Å²) in [4.78, 5) is 26.5. The van der Waals surface area contributed by atoms with Gasteiger partial charge in [-0.25, -0.2) is 4.79 Å². The molecular formula is C20H23BrN4O3. The number of ether oxygens (including phenoxy) is 1. The topological polar surface area (TPSA) is 68.8 Å². The number of hydrogen-bond acceptors (Lipinski definition) is 4. The van der Waals surface area contributed by atoms with Crippen molar-refractivity contribution in [2.75, 3.05) is 13.1 Å². The molecule has 0 N–H and O–H groups in total. The Bertz CT molecular complexity index is 1100. The maximum absolute atomic E-state index is 12.4. The Morgan fingerprint density at radius 2 is 1.93 bits per heavy atom. The third-order valence-electron chi connectivity index (χ3n) is 4.96. The van der Waals surface area contributed by atoms with E-state index in [9.17, 15) is 9.59 Å². The van der Waals surface area contributed by atoms with Gasteiger partial charge in [0.2, 0.25) is 0 Å². The lowest BCUT2D eigenvalue weighted by atomic mass is 10.0. The maximum atomic E-state index is 12.4. The fourth-order valence-corrected chi connectivity index (χ4v) is 4.24. The Labute approximate surface area is 171 Å². The van der Waals surface area contributed by atoms with E-state index in [0.29, 0.717) is 13.1 Å². The summed E-state index contributed by atoms with van der Waals surface area (Å²) >= 11 is 3.60. The fourth-order valence-electron chi connectivity index (χ4n) is 3.70. The van der Waals surface area contributed by atoms with Gasteiger partial charge in [0.05, 0.1) is 10.9 Å². The van der Waals surface area contributed by atoms with E-state index in [1.54, 1.807) is 11.0 Å². The van der Waals surface area contributed by atoms with E-state index in [1.807, 2.05) is 45.2 Å². The molecule has 0 spiro atoms. The summed E-state index contributed by atoms with van der Waals surface area (Å²) in [6.45, 7) is 6.85. The molecule has 0 bridgehead atoms. The molecule has 0 radical (unpaired) electrons. The number of piperidine rings is 1. The zero-order valence-electron chi connectivity index (χ0n) is 16.2. The number of amides is 1. The van der Waals surface area contributed by atoms with Gasteiger partial charge in [-0.2, -0.15) is 9.61 Å². The quantitative estimate of drug-likeness (QED) is 0.566. The van der Waals surface area contributed by atoms with Gasteiger partial charge in [-0.3, -0.25) is 4.79 Å². The number of nitrogens with zero attached hydrogens (tertiary/aromatic N) is 4. The first kappa shape index (κ1) is 19.0. The van der Waals surface area contributed by atoms with Crippen molar-refractivity contribution >= 4 is 38.6 Å². The van der Waals surface area contributed by atoms with Crippen LogP contribution in [0, 0.1) is 0 Å². The molecule has 1 aliphatic rings. The number of aromatic nitrogens is 3. The Morgan fingerprint density at radius 3 is 2.61 bits per heavy atom. The molecule has 0 atom stereocenters. The molecule has 1 amide bonds. The summed E-state index contributed by atoms with van der Waals surface area (Å²) in [5, 5.41) is 5.41. The number of likely N-dealkylation sites (tertiary alicyclic amines) is 1. The predicted octanol–water partition coefficient (Wildman–Crippen LogP) is 3.98. The monoisotopic (exact) mass is 446 g/mol. The van der Waals surface area contributed by atoms with Crippen LogP contribution in [0.2, 0.25) is 0 Å². The predicted molar refractivity (Wildman–Crippen MR) is 111 cm³/mol. The highest BCUT2D eigenvalue weighted by Gasteiger charge is 2.28. The Morgan fingerprint density at radius 1 is 1.21 bits per heavy atom. The van der Waals surface area contributed by atoms with Crippen molar-refractivity contribution in [2.24, 2.45) is 0 Å². The summed E-state index contributed by atoms with van der Waals surface area (Å²) in [7, 11) is 0. The average Bonchev–Trinajstić information content (AvgIpc) is 3.03. The van der Waals surface area contributed by atoms with Gasteiger partial charge in [0.15, 0.2) is 0 Å². The minimum Gasteiger partial charge on any atom is -0.444 e. The van der Waals surface area contributed by atoms with Crippen LogP contribution in [0.25, 0.3) is 16.6 Å². The standard InChI is InChI=1S/C20H23BrN4O3/c1-20(2,3)28-19(27)23-10-7-13(8-11-23)24-12-9-16(26)25-18(24)17-14(21)5-4-6-15(17)22-25/h4-6,9,12-13H,7-8,10-11H2,1-3H3. The first-order valence-electron chi connectivity index (χ1n) is 9.40. The summed E-state index contributed by atoms with van der Waals surface area (Å²) < 4.78 is 9.98. The molecule has 1 fully saturated rings. The van der Waals surface area contributed by atoms with Crippen molar-refractivity contribution in [1.29, 1.82) is 0 Å². The van der Waals surface area contributed by atoms with Crippen molar-refractivity contribution in [3.05, 3.63) is 45.3 Å². The minimum absolute atomic E-state index is 0.152. The SMILES string of the molecule is CC(C)(C)OC(=O)N1CCC(n2ccc(=O)n3nc4cccc(Br)c4c23)CC1. The summed E-state index contributed by atoms with van der Waals surface area (Å²) in [6.07, 6.45) is 3.14. The van der Waals surface area contributed by atoms with Crippen molar-refractivity contribution in [2.45, 2.75) is 45.3 Å². The third-order valence-corrected chi connectivity index (χ3v) is 5.63. The molecule has 1 aromatic carbocycles. The number of benzene rings is 1. The van der Waals surface area contributed by atoms with Crippen LogP contribution in [0.15, 0.2) is 39.7 Å². The molecule has 7 nitrogen and oxygen atoms in total. The number of rotatable bonds is 1. The van der Waals surface area contributed by atoms with Gasteiger partial charge in [0, 0.05) is 35.9 Å². The first-order chi connectivity index (χ1) is 13.2. The second-order valence-electron chi connectivity index (χ2n) is 8.13. The number of carbonyl (C=O) groups excluding carboxylic acids is 1. The Balaban J connectivity index is 1.66. The molecule has 8 heteroatoms. The largest absolute Gasteiger partial charge is 0.444 e. The molecule has 0 aliphatic carbocycles. The highest BCUT2D eigenvalue weighted by molar-refractivity contribution is 9.10. The molecule has 0 unspecified atom stereocenters. The van der Waals surface area contributed by atoms with Gasteiger partial charge in [-0.05, 0) is 61.7 Å². The molecule has 1 saturated heterocycles. The Kier molecular flexibility index (Phi) is 4.69. The number of halogens is 1. The van der Waals surface area contributed by atoms with Crippen LogP contribution in [0.3, 0.4) is 0 Å². The molecule has 1 aliphatic heterocycles. The summed E-state index contributed by atoms with van der Waals surface area (Å²) in [5.41, 5.74) is 0.908. The zero-order valence-corrected chi connectivity index (χ0v) is 17.8. The first-order valence-corrected chi connectivity index (χ1v) is 10.2. The van der Waals surface area contributed by atoms with Gasteiger partial charge in [0.25, 0.3) is 5.56 Å². The van der Waals surface area contributed by atoms with Gasteiger partial charge in [-0.1, -0.05) is 6.07 Å². The molecule has 148 valence electrons. The van der Waals surface area contributed by atoms with E-state index in [0.717, 1.165) is 33.9 Å². The van der Waals surface area contributed by atoms with Crippen LogP contribution in [-0.2, 0) is 4.74 Å². The van der Waals surface area contributed by atoms with E-state index in [-0.39, 0.29) is 17.7 Å². The third kappa shape index (κ3) is 3.41. The number of fused-ring (bicyclic) bond motifs is 3. The second kappa shape index (κ2) is 6.92. The highest BCUT2D eigenvalue weighted by Crippen LogP contribution is 2.31. The Hall–Kier alpha value is -2.35. The number of carbonyl (C=O) groups is 1. The molecule has 3 heterocycles. The van der Waals surface area contributed by atoms with Gasteiger partial charge < -0.3 is 14.2 Å². The molecule has 0 saturated carbocycles. The van der Waals surface area contributed by atoms with Crippen LogP contribution >= 0.6 is 15.9 Å². The van der Waals surface area contributed by atoms with Crippen LogP contribution < -0.4 is 5.56 Å². The summed E-state index contributed by atoms with van der Waals surface area (Å²) in [6, 6.07) is 7.49. The lowest BCUT2D eigenvalue weighted by Crippen LogP contribution is -2.42. The van der Waals surface area contributed by atoms with Crippen molar-refractivity contribution in [3.8, 4) is 0 Å². The molecular weight excluding hydrogens is 424 g/mol. The lowest BCUT2D eigenvalue weighted by molar-refractivity contribution is 0.0189. The van der Waals surface area contributed by atoms with Crippen LogP contribution in [0.5, 0.6) is 0 Å². The van der Waals surface area contributed by atoms with Gasteiger partial charge in [-0.15, -0.1) is 0 Å². The van der Waals surface area contributed by atoms with Gasteiger partial charge >= 0.3 is 6.09 Å². The fraction of sp³-hybridized carbons (Fsp3) is 0.450. The van der Waals surface area contributed by atoms with E-state index in [1.165, 1.54) is 4.52 Å². The molecule has 3 aromatic rings. The number of hydrogen-bond donors (Lipinski definition) is 0. The van der Waals surface area contributed by atoms with E-state index < -0.39 is 5.60 Å². The van der Waals surface area contributed by atoms with E-state index in [2.05, 4.69) is 25.6 Å². The van der Waals surface area contributed by atoms with E-state index in [4.69, 9.17) is 4.74 Å². The van der Waals surface area contributed by atoms with Gasteiger partial charge in [0.1, 0.15) is 11.2 Å². The van der Waals surface area contributed by atoms with Crippen molar-refractivity contribution < 1.29 is 9.53 Å². The molecule has 28 heavy (non-hydrogen) atoms. The molecule has 2 aromatic heterocycles. The highest BCUT2D eigenvalue weighted by atomic mass is 79.9. The van der Waals surface area contributed by atoms with Crippen molar-refractivity contribution in [1.82, 2.24) is 19.1 Å². The summed E-state index contributed by atoms with van der Waals surface area (Å²) in [5.74, 6) is 0. The molecule has 4 rings (SSSR count). The van der Waals surface area contributed by atoms with E-state index >= 15 is 0 Å².